The third kappa shape index (κ3) is 4.69. The summed E-state index contributed by atoms with van der Waals surface area (Å²) in [7, 11) is 0. The lowest BCUT2D eigenvalue weighted by Crippen LogP contribution is -2.23. The summed E-state index contributed by atoms with van der Waals surface area (Å²) in [4.78, 5) is 30.5. The number of carbonyl (C=O) groups is 1. The van der Waals surface area contributed by atoms with Crippen LogP contribution in [0.4, 0.5) is 10.1 Å². The number of amides is 1. The second-order valence-corrected chi connectivity index (χ2v) is 8.71. The summed E-state index contributed by atoms with van der Waals surface area (Å²) in [6, 6.07) is 16.7. The second-order valence-electron chi connectivity index (χ2n) is 7.36. The van der Waals surface area contributed by atoms with Crippen LogP contribution < -0.4 is 10.9 Å². The van der Waals surface area contributed by atoms with Crippen LogP contribution >= 0.6 is 23.4 Å². The average molecular weight is 468 g/mol. The molecule has 4 rings (SSSR count). The maximum absolute atomic E-state index is 13.3. The van der Waals surface area contributed by atoms with E-state index in [1.165, 1.54) is 16.7 Å². The number of rotatable bonds is 5. The summed E-state index contributed by atoms with van der Waals surface area (Å²) in [5.41, 5.74) is 3.39. The Morgan fingerprint density at radius 1 is 1.09 bits per heavy atom. The summed E-state index contributed by atoms with van der Waals surface area (Å²) in [6.07, 6.45) is 0. The molecule has 8 heteroatoms. The highest BCUT2D eigenvalue weighted by Crippen LogP contribution is 2.25. The maximum Gasteiger partial charge on any atom is 0.266 e. The third-order valence-electron chi connectivity index (χ3n) is 4.75. The number of halogens is 2. The van der Waals surface area contributed by atoms with Gasteiger partial charge in [0.05, 0.1) is 33.1 Å². The van der Waals surface area contributed by atoms with E-state index in [0.29, 0.717) is 27.4 Å². The van der Waals surface area contributed by atoms with E-state index in [2.05, 4.69) is 10.3 Å². The average Bonchev–Trinajstić information content (AvgIpc) is 2.73. The van der Waals surface area contributed by atoms with Crippen molar-refractivity contribution in [3.63, 3.8) is 0 Å². The third-order valence-corrected chi connectivity index (χ3v) is 6.00. The number of thioether (sulfide) groups is 1. The van der Waals surface area contributed by atoms with E-state index in [1.807, 2.05) is 38.1 Å². The Labute approximate surface area is 193 Å². The van der Waals surface area contributed by atoms with Crippen molar-refractivity contribution in [1.82, 2.24) is 9.55 Å². The van der Waals surface area contributed by atoms with Gasteiger partial charge in [-0.3, -0.25) is 14.2 Å². The van der Waals surface area contributed by atoms with Crippen molar-refractivity contribution >= 4 is 45.9 Å². The molecule has 0 aliphatic rings. The molecule has 5 nitrogen and oxygen atoms in total. The summed E-state index contributed by atoms with van der Waals surface area (Å²) in [5.74, 6) is -0.846. The molecule has 0 aliphatic heterocycles. The molecule has 4 aromatic rings. The minimum atomic E-state index is -0.486. The first-order chi connectivity index (χ1) is 15.3. The summed E-state index contributed by atoms with van der Waals surface area (Å²) in [6.45, 7) is 3.92. The predicted octanol–water partition coefficient (Wildman–Crippen LogP) is 5.53. The van der Waals surface area contributed by atoms with Gasteiger partial charge in [0, 0.05) is 0 Å². The molecular formula is C24H19ClFN3O2S. The topological polar surface area (TPSA) is 64.0 Å². The molecular weight excluding hydrogens is 449 g/mol. The molecule has 1 N–H and O–H groups in total. The fraction of sp³-hybridized carbons (Fsp3) is 0.125. The molecule has 1 amide bonds. The second kappa shape index (κ2) is 9.14. The fourth-order valence-corrected chi connectivity index (χ4v) is 4.45. The molecule has 0 spiro atoms. The van der Waals surface area contributed by atoms with Crippen LogP contribution in [0.15, 0.2) is 70.6 Å². The highest BCUT2D eigenvalue weighted by Gasteiger charge is 2.16. The molecule has 0 atom stereocenters. The SMILES string of the molecule is Cc1cc(C)cc(-n2c(SCC(=O)Nc3ccc(F)cc3Cl)nc3ccccc3c2=O)c1. The molecule has 0 fully saturated rings. The maximum atomic E-state index is 13.3. The largest absolute Gasteiger partial charge is 0.324 e. The minimum Gasteiger partial charge on any atom is -0.324 e. The van der Waals surface area contributed by atoms with Crippen LogP contribution in [0.2, 0.25) is 5.02 Å². The normalized spacial score (nSPS) is 11.0. The number of hydrogen-bond acceptors (Lipinski definition) is 4. The summed E-state index contributed by atoms with van der Waals surface area (Å²) >= 11 is 7.13. The first kappa shape index (κ1) is 22.0. The number of anilines is 1. The van der Waals surface area contributed by atoms with E-state index < -0.39 is 5.82 Å². The highest BCUT2D eigenvalue weighted by molar-refractivity contribution is 7.99. The first-order valence-electron chi connectivity index (χ1n) is 9.80. The lowest BCUT2D eigenvalue weighted by Gasteiger charge is -2.14. The zero-order valence-corrected chi connectivity index (χ0v) is 18.9. The molecule has 0 aliphatic carbocycles. The van der Waals surface area contributed by atoms with Gasteiger partial charge in [-0.05, 0) is 67.4 Å². The Hall–Kier alpha value is -3.16. The number of nitrogens with one attached hydrogen (secondary N) is 1. The van der Waals surface area contributed by atoms with E-state index in [4.69, 9.17) is 11.6 Å². The number of aromatic nitrogens is 2. The van der Waals surface area contributed by atoms with Gasteiger partial charge in [0.25, 0.3) is 5.56 Å². The van der Waals surface area contributed by atoms with E-state index in [0.717, 1.165) is 29.0 Å². The molecule has 0 radical (unpaired) electrons. The van der Waals surface area contributed by atoms with Gasteiger partial charge in [-0.1, -0.05) is 41.6 Å². The van der Waals surface area contributed by atoms with Crippen molar-refractivity contribution in [3.05, 3.63) is 93.0 Å². The van der Waals surface area contributed by atoms with Gasteiger partial charge < -0.3 is 5.32 Å². The van der Waals surface area contributed by atoms with Crippen LogP contribution in [-0.4, -0.2) is 21.2 Å². The standard InChI is InChI=1S/C24H19ClFN3O2S/c1-14-9-15(2)11-17(10-14)29-23(31)18-5-3-4-6-20(18)28-24(29)32-13-22(30)27-21-8-7-16(26)12-19(21)25/h3-12H,13H2,1-2H3,(H,27,30). The van der Waals surface area contributed by atoms with Crippen molar-refractivity contribution in [2.75, 3.05) is 11.1 Å². The predicted molar refractivity (Wildman–Crippen MR) is 128 cm³/mol. The van der Waals surface area contributed by atoms with Gasteiger partial charge in [0.1, 0.15) is 5.82 Å². The van der Waals surface area contributed by atoms with Crippen molar-refractivity contribution in [3.8, 4) is 5.69 Å². The number of para-hydroxylation sites is 1. The van der Waals surface area contributed by atoms with E-state index in [9.17, 15) is 14.0 Å². The minimum absolute atomic E-state index is 0.0106. The van der Waals surface area contributed by atoms with Gasteiger partial charge in [0.15, 0.2) is 5.16 Å². The van der Waals surface area contributed by atoms with Crippen LogP contribution in [-0.2, 0) is 4.79 Å². The highest BCUT2D eigenvalue weighted by atomic mass is 35.5. The number of benzene rings is 3. The summed E-state index contributed by atoms with van der Waals surface area (Å²) in [5, 5.41) is 3.67. The zero-order chi connectivity index (χ0) is 22.8. The Balaban J connectivity index is 1.69. The Kier molecular flexibility index (Phi) is 6.30. The van der Waals surface area contributed by atoms with Gasteiger partial charge in [0.2, 0.25) is 5.91 Å². The van der Waals surface area contributed by atoms with E-state index >= 15 is 0 Å². The van der Waals surface area contributed by atoms with Crippen LogP contribution in [0.1, 0.15) is 11.1 Å². The van der Waals surface area contributed by atoms with Crippen LogP contribution in [0.25, 0.3) is 16.6 Å². The van der Waals surface area contributed by atoms with Crippen molar-refractivity contribution < 1.29 is 9.18 Å². The number of fused-ring (bicyclic) bond motifs is 1. The molecule has 3 aromatic carbocycles. The Morgan fingerprint density at radius 2 is 1.81 bits per heavy atom. The summed E-state index contributed by atoms with van der Waals surface area (Å²) < 4.78 is 14.8. The number of carbonyl (C=O) groups excluding carboxylic acids is 1. The van der Waals surface area contributed by atoms with Crippen molar-refractivity contribution in [2.24, 2.45) is 0 Å². The zero-order valence-electron chi connectivity index (χ0n) is 17.4. The molecule has 0 bridgehead atoms. The first-order valence-corrected chi connectivity index (χ1v) is 11.2. The smallest absolute Gasteiger partial charge is 0.266 e. The Morgan fingerprint density at radius 3 is 2.53 bits per heavy atom. The number of hydrogen-bond donors (Lipinski definition) is 1. The number of nitrogens with zero attached hydrogens (tertiary/aromatic N) is 2. The van der Waals surface area contributed by atoms with Crippen molar-refractivity contribution in [1.29, 1.82) is 0 Å². The van der Waals surface area contributed by atoms with E-state index in [1.54, 1.807) is 18.2 Å². The molecule has 162 valence electrons. The molecule has 1 aromatic heterocycles. The van der Waals surface area contributed by atoms with Crippen LogP contribution in [0.5, 0.6) is 0 Å². The molecule has 1 heterocycles. The quantitative estimate of drug-likeness (QED) is 0.310. The monoisotopic (exact) mass is 467 g/mol. The molecule has 32 heavy (non-hydrogen) atoms. The molecule has 0 saturated carbocycles. The van der Waals surface area contributed by atoms with Gasteiger partial charge in [-0.15, -0.1) is 0 Å². The molecule has 0 unspecified atom stereocenters. The van der Waals surface area contributed by atoms with Gasteiger partial charge >= 0.3 is 0 Å². The fourth-order valence-electron chi connectivity index (χ4n) is 3.42. The number of aryl methyl sites for hydroxylation is 2. The van der Waals surface area contributed by atoms with E-state index in [-0.39, 0.29) is 22.2 Å². The lowest BCUT2D eigenvalue weighted by atomic mass is 10.1. The molecule has 0 saturated heterocycles. The van der Waals surface area contributed by atoms with Crippen LogP contribution in [0.3, 0.4) is 0 Å². The van der Waals surface area contributed by atoms with Crippen LogP contribution in [0, 0.1) is 19.7 Å². The van der Waals surface area contributed by atoms with Gasteiger partial charge in [-0.2, -0.15) is 0 Å². The van der Waals surface area contributed by atoms with Crippen molar-refractivity contribution in [2.45, 2.75) is 19.0 Å². The Bertz CT molecular complexity index is 1380. The van der Waals surface area contributed by atoms with Gasteiger partial charge in [-0.25, -0.2) is 9.37 Å². The lowest BCUT2D eigenvalue weighted by molar-refractivity contribution is -0.113.